The Labute approximate surface area is 176 Å². The smallest absolute Gasteiger partial charge is 0.303 e. The summed E-state index contributed by atoms with van der Waals surface area (Å²) in [6.07, 6.45) is 11.2. The molecule has 1 heterocycles. The number of thioether (sulfide) groups is 1. The molecule has 0 saturated carbocycles. The average Bonchev–Trinajstić information content (AvgIpc) is 2.71. The van der Waals surface area contributed by atoms with Crippen LogP contribution in [0.5, 0.6) is 5.88 Å². The maximum Gasteiger partial charge on any atom is 0.303 e. The second-order valence-electron chi connectivity index (χ2n) is 7.02. The molecule has 0 saturated heterocycles. The van der Waals surface area contributed by atoms with E-state index in [0.717, 1.165) is 28.8 Å². The molecule has 0 bridgehead atoms. The van der Waals surface area contributed by atoms with Gasteiger partial charge in [0.2, 0.25) is 5.88 Å². The van der Waals surface area contributed by atoms with E-state index in [9.17, 15) is 4.79 Å². The van der Waals surface area contributed by atoms with Gasteiger partial charge in [0.05, 0.1) is 12.0 Å². The number of aliphatic carboxylic acids is 1. The van der Waals surface area contributed by atoms with Gasteiger partial charge in [0, 0.05) is 22.9 Å². The predicted octanol–water partition coefficient (Wildman–Crippen LogP) is 6.10. The van der Waals surface area contributed by atoms with Gasteiger partial charge in [-0.25, -0.2) is 4.98 Å². The number of carboxylic acid groups (broad SMARTS) is 1. The number of carboxylic acids is 1. The summed E-state index contributed by atoms with van der Waals surface area (Å²) in [6, 6.07) is 10.2. The lowest BCUT2D eigenvalue weighted by molar-refractivity contribution is -0.136. The van der Waals surface area contributed by atoms with E-state index in [0.29, 0.717) is 12.3 Å². The Hall–Kier alpha value is -2.79. The minimum absolute atomic E-state index is 0.152. The highest BCUT2D eigenvalue weighted by atomic mass is 32.2. The van der Waals surface area contributed by atoms with Crippen LogP contribution in [0.1, 0.15) is 30.4 Å². The number of nitrogens with zero attached hydrogens (tertiary/aromatic N) is 1. The van der Waals surface area contributed by atoms with Crippen LogP contribution in [0.4, 0.5) is 0 Å². The third-order valence-electron chi connectivity index (χ3n) is 4.79. The molecule has 0 unspecified atom stereocenters. The van der Waals surface area contributed by atoms with Gasteiger partial charge in [0.15, 0.2) is 0 Å². The number of pyridine rings is 1. The maximum absolute atomic E-state index is 10.7. The fraction of sp³-hybridized carbons (Fsp3) is 0.250. The number of ether oxygens (including phenoxy) is 1. The van der Waals surface area contributed by atoms with Crippen molar-refractivity contribution in [2.45, 2.75) is 38.0 Å². The second kappa shape index (κ2) is 9.61. The molecule has 1 aliphatic rings. The standard InChI is InChI=1S/C24H25NO3S/c1-16-13-20(29-3)14-17(2)24(16)21-5-4-6-22(25-21)28-15-19-9-7-18(8-10-19)11-12-23(26)27/h4-9,13-15H,10-12H2,1-3H3,(H,26,27). The molecule has 29 heavy (non-hydrogen) atoms. The van der Waals surface area contributed by atoms with Crippen molar-refractivity contribution in [2.24, 2.45) is 0 Å². The number of carbonyl (C=O) groups is 1. The van der Waals surface area contributed by atoms with Crippen molar-refractivity contribution in [3.63, 3.8) is 0 Å². The lowest BCUT2D eigenvalue weighted by atomic mass is 9.99. The lowest BCUT2D eigenvalue weighted by Gasteiger charge is -2.12. The van der Waals surface area contributed by atoms with Crippen molar-refractivity contribution >= 4 is 17.7 Å². The van der Waals surface area contributed by atoms with Gasteiger partial charge in [-0.3, -0.25) is 4.79 Å². The Morgan fingerprint density at radius 1 is 1.24 bits per heavy atom. The van der Waals surface area contributed by atoms with Gasteiger partial charge >= 0.3 is 5.97 Å². The molecule has 3 rings (SSSR count). The molecule has 0 fully saturated rings. The van der Waals surface area contributed by atoms with Crippen LogP contribution in [-0.4, -0.2) is 22.3 Å². The first kappa shape index (κ1) is 20.9. The van der Waals surface area contributed by atoms with E-state index in [1.165, 1.54) is 16.0 Å². The maximum atomic E-state index is 10.7. The molecule has 0 spiro atoms. The topological polar surface area (TPSA) is 59.4 Å². The summed E-state index contributed by atoms with van der Waals surface area (Å²) in [5.41, 5.74) is 6.51. The van der Waals surface area contributed by atoms with Crippen molar-refractivity contribution in [1.29, 1.82) is 0 Å². The largest absolute Gasteiger partial charge is 0.481 e. The van der Waals surface area contributed by atoms with Crippen molar-refractivity contribution in [3.8, 4) is 17.1 Å². The van der Waals surface area contributed by atoms with Crippen LogP contribution < -0.4 is 4.74 Å². The number of hydrogen-bond acceptors (Lipinski definition) is 4. The Kier molecular flexibility index (Phi) is 6.94. The van der Waals surface area contributed by atoms with Gasteiger partial charge in [-0.05, 0) is 67.8 Å². The number of aromatic nitrogens is 1. The Balaban J connectivity index is 1.71. The first-order valence-corrected chi connectivity index (χ1v) is 10.8. The number of rotatable bonds is 7. The minimum atomic E-state index is -0.775. The zero-order chi connectivity index (χ0) is 20.8. The Morgan fingerprint density at radius 2 is 2.00 bits per heavy atom. The van der Waals surface area contributed by atoms with Crippen molar-refractivity contribution in [1.82, 2.24) is 4.98 Å². The summed E-state index contributed by atoms with van der Waals surface area (Å²) in [7, 11) is 0. The van der Waals surface area contributed by atoms with Crippen molar-refractivity contribution < 1.29 is 14.6 Å². The summed E-state index contributed by atoms with van der Waals surface area (Å²) in [5.74, 6) is -0.222. The molecule has 0 amide bonds. The Bertz CT molecular complexity index is 982. The molecule has 4 nitrogen and oxygen atoms in total. The fourth-order valence-corrected chi connectivity index (χ4v) is 3.91. The van der Waals surface area contributed by atoms with E-state index in [1.54, 1.807) is 18.0 Å². The molecule has 1 aromatic heterocycles. The SMILES string of the molecule is CSc1cc(C)c(-c2cccc(OC=C3C=CC(CCC(=O)O)=CC3)n2)c(C)c1. The third-order valence-corrected chi connectivity index (χ3v) is 5.50. The predicted molar refractivity (Wildman–Crippen MR) is 118 cm³/mol. The third kappa shape index (κ3) is 5.61. The number of allylic oxidation sites excluding steroid dienone is 5. The molecule has 1 aromatic carbocycles. The van der Waals surface area contributed by atoms with Gasteiger partial charge in [-0.2, -0.15) is 0 Å². The summed E-state index contributed by atoms with van der Waals surface area (Å²) in [4.78, 5) is 16.6. The molecule has 0 radical (unpaired) electrons. The summed E-state index contributed by atoms with van der Waals surface area (Å²) < 4.78 is 5.81. The number of aryl methyl sites for hydroxylation is 2. The van der Waals surface area contributed by atoms with E-state index in [4.69, 9.17) is 9.84 Å². The van der Waals surface area contributed by atoms with Gasteiger partial charge in [0.25, 0.3) is 0 Å². The van der Waals surface area contributed by atoms with Crippen LogP contribution in [0.2, 0.25) is 0 Å². The molecular formula is C24H25NO3S. The van der Waals surface area contributed by atoms with E-state index in [1.807, 2.05) is 36.4 Å². The highest BCUT2D eigenvalue weighted by molar-refractivity contribution is 7.98. The van der Waals surface area contributed by atoms with Crippen LogP contribution in [-0.2, 0) is 4.79 Å². The summed E-state index contributed by atoms with van der Waals surface area (Å²) in [5, 5.41) is 8.78. The average molecular weight is 408 g/mol. The molecule has 1 aliphatic carbocycles. The van der Waals surface area contributed by atoms with Crippen LogP contribution >= 0.6 is 11.8 Å². The van der Waals surface area contributed by atoms with E-state index < -0.39 is 5.97 Å². The first-order valence-electron chi connectivity index (χ1n) is 9.53. The number of benzene rings is 1. The molecule has 0 atom stereocenters. The molecule has 150 valence electrons. The monoisotopic (exact) mass is 407 g/mol. The van der Waals surface area contributed by atoms with Crippen LogP contribution in [0.15, 0.2) is 70.9 Å². The van der Waals surface area contributed by atoms with Crippen LogP contribution in [0.25, 0.3) is 11.3 Å². The first-order chi connectivity index (χ1) is 14.0. The quantitative estimate of drug-likeness (QED) is 0.444. The zero-order valence-electron chi connectivity index (χ0n) is 16.9. The molecule has 5 heteroatoms. The zero-order valence-corrected chi connectivity index (χ0v) is 17.8. The summed E-state index contributed by atoms with van der Waals surface area (Å²) >= 11 is 1.74. The highest BCUT2D eigenvalue weighted by Crippen LogP contribution is 2.31. The molecular weight excluding hydrogens is 382 g/mol. The highest BCUT2D eigenvalue weighted by Gasteiger charge is 2.10. The van der Waals surface area contributed by atoms with Crippen LogP contribution in [0, 0.1) is 13.8 Å². The number of hydrogen-bond donors (Lipinski definition) is 1. The van der Waals surface area contributed by atoms with Gasteiger partial charge < -0.3 is 9.84 Å². The van der Waals surface area contributed by atoms with Gasteiger partial charge in [0.1, 0.15) is 0 Å². The second-order valence-corrected chi connectivity index (χ2v) is 7.90. The Morgan fingerprint density at radius 3 is 2.62 bits per heavy atom. The van der Waals surface area contributed by atoms with E-state index in [2.05, 4.69) is 37.2 Å². The fourth-order valence-electron chi connectivity index (χ4n) is 3.32. The minimum Gasteiger partial charge on any atom is -0.481 e. The van der Waals surface area contributed by atoms with E-state index >= 15 is 0 Å². The van der Waals surface area contributed by atoms with Crippen molar-refractivity contribution in [2.75, 3.05) is 6.26 Å². The van der Waals surface area contributed by atoms with Gasteiger partial charge in [-0.1, -0.05) is 29.9 Å². The molecule has 1 N–H and O–H groups in total. The normalized spacial score (nSPS) is 14.7. The van der Waals surface area contributed by atoms with Crippen LogP contribution in [0.3, 0.4) is 0 Å². The van der Waals surface area contributed by atoms with E-state index in [-0.39, 0.29) is 6.42 Å². The lowest BCUT2D eigenvalue weighted by Crippen LogP contribution is -1.97. The van der Waals surface area contributed by atoms with Gasteiger partial charge in [-0.15, -0.1) is 11.8 Å². The summed E-state index contributed by atoms with van der Waals surface area (Å²) in [6.45, 7) is 4.22. The van der Waals surface area contributed by atoms with Crippen molar-refractivity contribution in [3.05, 3.63) is 77.1 Å². The molecule has 2 aromatic rings. The molecule has 0 aliphatic heterocycles.